The highest BCUT2D eigenvalue weighted by Crippen LogP contribution is 2.15. The molecule has 0 aliphatic heterocycles. The molecule has 0 fully saturated rings. The van der Waals surface area contributed by atoms with E-state index in [0.29, 0.717) is 12.3 Å². The summed E-state index contributed by atoms with van der Waals surface area (Å²) in [5.41, 5.74) is 0. The van der Waals surface area contributed by atoms with Crippen LogP contribution in [0.5, 0.6) is 0 Å². The summed E-state index contributed by atoms with van der Waals surface area (Å²) in [6.07, 6.45) is -1.76. The van der Waals surface area contributed by atoms with Crippen molar-refractivity contribution in [2.24, 2.45) is 5.92 Å². The molecule has 0 spiro atoms. The number of aliphatic hydroxyl groups is 2. The lowest BCUT2D eigenvalue weighted by atomic mass is 9.93. The summed E-state index contributed by atoms with van der Waals surface area (Å²) in [5, 5.41) is 22.6. The first kappa shape index (κ1) is 16.2. The Morgan fingerprint density at radius 3 is 2.12 bits per heavy atom. The maximum atomic E-state index is 9.95. The van der Waals surface area contributed by atoms with Gasteiger partial charge in [-0.1, -0.05) is 13.8 Å². The monoisotopic (exact) mass is 251 g/mol. The van der Waals surface area contributed by atoms with Gasteiger partial charge < -0.3 is 20.3 Å². The van der Waals surface area contributed by atoms with E-state index < -0.39 is 12.2 Å². The molecule has 4 atom stereocenters. The van der Waals surface area contributed by atoms with Gasteiger partial charge in [-0.25, -0.2) is 0 Å². The molecule has 5 heteroatoms. The molecule has 0 aromatic rings. The van der Waals surface area contributed by atoms with E-state index in [1.54, 1.807) is 14.0 Å². The first-order valence-electron chi connectivity index (χ1n) is 5.68. The van der Waals surface area contributed by atoms with Crippen molar-refractivity contribution < 1.29 is 14.9 Å². The van der Waals surface area contributed by atoms with Gasteiger partial charge in [0.1, 0.15) is 0 Å². The fourth-order valence-electron chi connectivity index (χ4n) is 1.80. The topological polar surface area (TPSA) is 61.7 Å². The molecule has 0 aromatic heterocycles. The van der Waals surface area contributed by atoms with Crippen LogP contribution in [0.2, 0.25) is 0 Å². The molecule has 98 valence electrons. The molecule has 0 saturated carbocycles. The highest BCUT2D eigenvalue weighted by atomic mass is 32.1. The lowest BCUT2D eigenvalue weighted by Crippen LogP contribution is -2.55. The van der Waals surface area contributed by atoms with Crippen molar-refractivity contribution in [1.82, 2.24) is 5.32 Å². The summed E-state index contributed by atoms with van der Waals surface area (Å²) in [6.45, 7) is 6.30. The van der Waals surface area contributed by atoms with Crippen LogP contribution >= 0.6 is 12.6 Å². The molecule has 1 unspecified atom stereocenters. The second kappa shape index (κ2) is 8.31. The lowest BCUT2D eigenvalue weighted by molar-refractivity contribution is -0.0559. The smallest absolute Gasteiger partial charge is 0.0974 e. The van der Waals surface area contributed by atoms with Crippen LogP contribution in [0, 0.1) is 5.92 Å². The molecule has 3 N–H and O–H groups in total. The van der Waals surface area contributed by atoms with Gasteiger partial charge in [0.25, 0.3) is 0 Å². The minimum Gasteiger partial charge on any atom is -0.391 e. The van der Waals surface area contributed by atoms with Crippen molar-refractivity contribution in [2.45, 2.75) is 45.1 Å². The summed E-state index contributed by atoms with van der Waals surface area (Å²) >= 11 is 4.12. The summed E-state index contributed by atoms with van der Waals surface area (Å²) in [5.74, 6) is 0.938. The van der Waals surface area contributed by atoms with E-state index in [9.17, 15) is 10.2 Å². The molecule has 0 aromatic carbocycles. The second-order valence-corrected chi connectivity index (χ2v) is 4.83. The van der Waals surface area contributed by atoms with Crippen LogP contribution in [0.25, 0.3) is 0 Å². The van der Waals surface area contributed by atoms with E-state index in [1.807, 2.05) is 13.8 Å². The van der Waals surface area contributed by atoms with E-state index in [-0.39, 0.29) is 18.1 Å². The summed E-state index contributed by atoms with van der Waals surface area (Å²) in [4.78, 5) is 0. The Kier molecular flexibility index (Phi) is 8.40. The number of nitrogens with one attached hydrogen (secondary N) is 1. The number of methoxy groups -OCH3 is 1. The predicted octanol–water partition coefficient (Wildman–Crippen LogP) is 0.287. The van der Waals surface area contributed by atoms with Gasteiger partial charge in [-0.3, -0.25) is 0 Å². The third-order valence-corrected chi connectivity index (χ3v) is 2.86. The van der Waals surface area contributed by atoms with E-state index in [2.05, 4.69) is 17.9 Å². The molecule has 4 nitrogen and oxygen atoms in total. The molecule has 0 aliphatic rings. The molecule has 0 aliphatic carbocycles. The van der Waals surface area contributed by atoms with Crippen LogP contribution in [0.3, 0.4) is 0 Å². The Hall–Kier alpha value is 0.190. The zero-order valence-corrected chi connectivity index (χ0v) is 11.4. The summed E-state index contributed by atoms with van der Waals surface area (Å²) in [7, 11) is 1.62. The molecular formula is C11H25NO3S. The fraction of sp³-hybridized carbons (Fsp3) is 1.00. The zero-order valence-electron chi connectivity index (χ0n) is 10.6. The second-order valence-electron chi connectivity index (χ2n) is 4.38. The Morgan fingerprint density at radius 2 is 1.81 bits per heavy atom. The van der Waals surface area contributed by atoms with E-state index in [4.69, 9.17) is 4.74 Å². The normalized spacial score (nSPS) is 19.5. The van der Waals surface area contributed by atoms with Crippen molar-refractivity contribution in [3.05, 3.63) is 0 Å². The van der Waals surface area contributed by atoms with Crippen molar-refractivity contribution >= 4 is 12.6 Å². The van der Waals surface area contributed by atoms with Crippen molar-refractivity contribution in [2.75, 3.05) is 19.4 Å². The zero-order chi connectivity index (χ0) is 12.7. The van der Waals surface area contributed by atoms with Crippen molar-refractivity contribution in [3.63, 3.8) is 0 Å². The first-order chi connectivity index (χ1) is 7.45. The maximum Gasteiger partial charge on any atom is 0.0974 e. The van der Waals surface area contributed by atoms with Crippen LogP contribution in [0.1, 0.15) is 20.8 Å². The molecular weight excluding hydrogens is 226 g/mol. The van der Waals surface area contributed by atoms with Crippen molar-refractivity contribution in [3.8, 4) is 0 Å². The SMILES string of the molecule is CO[C@@H](C(C)C)C(NCCS)[C@@H](O)[C@@H](C)O. The lowest BCUT2D eigenvalue weighted by Gasteiger charge is -2.34. The van der Waals surface area contributed by atoms with Crippen molar-refractivity contribution in [1.29, 1.82) is 0 Å². The van der Waals surface area contributed by atoms with Gasteiger partial charge in [-0.15, -0.1) is 0 Å². The highest BCUT2D eigenvalue weighted by molar-refractivity contribution is 7.80. The van der Waals surface area contributed by atoms with E-state index >= 15 is 0 Å². The molecule has 0 amide bonds. The molecule has 0 heterocycles. The molecule has 0 radical (unpaired) electrons. The Morgan fingerprint density at radius 1 is 1.25 bits per heavy atom. The van der Waals surface area contributed by atoms with Gasteiger partial charge >= 0.3 is 0 Å². The summed E-state index contributed by atoms with van der Waals surface area (Å²) < 4.78 is 5.38. The molecule has 0 bridgehead atoms. The van der Waals surface area contributed by atoms with Gasteiger partial charge in [0.15, 0.2) is 0 Å². The minimum atomic E-state index is -0.841. The number of aliphatic hydroxyl groups excluding tert-OH is 2. The Balaban J connectivity index is 4.61. The quantitative estimate of drug-likeness (QED) is 0.468. The molecule has 0 saturated heterocycles. The third-order valence-electron chi connectivity index (χ3n) is 2.64. The Bertz CT molecular complexity index is 179. The number of rotatable bonds is 8. The molecule has 16 heavy (non-hydrogen) atoms. The standard InChI is InChI=1S/C11H25NO3S/c1-7(2)11(15-4)9(12-5-6-16)10(14)8(3)13/h7-14,16H,5-6H2,1-4H3/t8-,9?,10+,11+/m1/s1. The largest absolute Gasteiger partial charge is 0.391 e. The van der Waals surface area contributed by atoms with Crippen LogP contribution < -0.4 is 5.32 Å². The first-order valence-corrected chi connectivity index (χ1v) is 6.32. The third kappa shape index (κ3) is 5.01. The predicted molar refractivity (Wildman–Crippen MR) is 69.0 cm³/mol. The number of hydrogen-bond acceptors (Lipinski definition) is 5. The van der Waals surface area contributed by atoms with Crippen LogP contribution in [-0.4, -0.2) is 54.0 Å². The van der Waals surface area contributed by atoms with Gasteiger partial charge in [0, 0.05) is 19.4 Å². The Labute approximate surface area is 104 Å². The van der Waals surface area contributed by atoms with Crippen LogP contribution in [0.15, 0.2) is 0 Å². The minimum absolute atomic E-state index is 0.135. The van der Waals surface area contributed by atoms with Gasteiger partial charge in [0.05, 0.1) is 24.4 Å². The average molecular weight is 251 g/mol. The fourth-order valence-corrected chi connectivity index (χ4v) is 1.93. The summed E-state index contributed by atoms with van der Waals surface area (Å²) in [6, 6.07) is -0.280. The highest BCUT2D eigenvalue weighted by Gasteiger charge is 2.32. The van der Waals surface area contributed by atoms with Crippen LogP contribution in [-0.2, 0) is 4.74 Å². The average Bonchev–Trinajstić information content (AvgIpc) is 2.22. The van der Waals surface area contributed by atoms with E-state index in [1.165, 1.54) is 0 Å². The van der Waals surface area contributed by atoms with Gasteiger partial charge in [-0.05, 0) is 12.8 Å². The van der Waals surface area contributed by atoms with Gasteiger partial charge in [-0.2, -0.15) is 12.6 Å². The number of hydrogen-bond donors (Lipinski definition) is 4. The van der Waals surface area contributed by atoms with Crippen LogP contribution in [0.4, 0.5) is 0 Å². The number of ether oxygens (including phenoxy) is 1. The number of thiol groups is 1. The van der Waals surface area contributed by atoms with E-state index in [0.717, 1.165) is 0 Å². The maximum absolute atomic E-state index is 9.95. The van der Waals surface area contributed by atoms with Gasteiger partial charge in [0.2, 0.25) is 0 Å². The molecule has 0 rings (SSSR count).